The Labute approximate surface area is 86.1 Å². The maximum atomic E-state index is 5.68. The van der Waals surface area contributed by atoms with E-state index in [9.17, 15) is 0 Å². The largest absolute Gasteiger partial charge is 0.378 e. The van der Waals surface area contributed by atoms with Gasteiger partial charge in [-0.3, -0.25) is 0 Å². The van der Waals surface area contributed by atoms with Crippen molar-refractivity contribution in [2.24, 2.45) is 0 Å². The van der Waals surface area contributed by atoms with Crippen molar-refractivity contribution in [3.63, 3.8) is 0 Å². The molecule has 1 aromatic rings. The quantitative estimate of drug-likeness (QED) is 0.711. The molecule has 14 heavy (non-hydrogen) atoms. The van der Waals surface area contributed by atoms with E-state index in [0.29, 0.717) is 12.0 Å². The number of hydrogen-bond donors (Lipinski definition) is 0. The summed E-state index contributed by atoms with van der Waals surface area (Å²) in [6.07, 6.45) is 2.84. The molecule has 0 spiro atoms. The summed E-state index contributed by atoms with van der Waals surface area (Å²) in [6, 6.07) is 8.76. The molecule has 0 radical (unpaired) electrons. The first kappa shape index (κ1) is 9.72. The van der Waals surface area contributed by atoms with Crippen molar-refractivity contribution in [2.75, 3.05) is 6.61 Å². The molecule has 0 aliphatic heterocycles. The predicted molar refractivity (Wildman–Crippen MR) is 58.6 cm³/mol. The number of rotatable bonds is 3. The van der Waals surface area contributed by atoms with Gasteiger partial charge in [0.1, 0.15) is 0 Å². The average Bonchev–Trinajstić information content (AvgIpc) is 2.61. The van der Waals surface area contributed by atoms with Crippen LogP contribution in [0.25, 0.3) is 0 Å². The number of fused-ring (bicyclic) bond motifs is 1. The Kier molecular flexibility index (Phi) is 2.87. The molecule has 0 heterocycles. The lowest BCUT2D eigenvalue weighted by Crippen LogP contribution is -2.16. The average molecular weight is 190 g/mol. The fourth-order valence-electron chi connectivity index (χ4n) is 2.46. The first-order chi connectivity index (χ1) is 6.83. The van der Waals surface area contributed by atoms with E-state index in [4.69, 9.17) is 4.74 Å². The van der Waals surface area contributed by atoms with Crippen LogP contribution in [-0.4, -0.2) is 12.7 Å². The third kappa shape index (κ3) is 1.69. The number of aryl methyl sites for hydroxylation is 1. The molecule has 1 aliphatic rings. The van der Waals surface area contributed by atoms with E-state index < -0.39 is 0 Å². The highest BCUT2D eigenvalue weighted by Gasteiger charge is 2.26. The minimum absolute atomic E-state index is 0.364. The maximum absolute atomic E-state index is 5.68. The van der Waals surface area contributed by atoms with Crippen LogP contribution in [0.2, 0.25) is 0 Å². The van der Waals surface area contributed by atoms with Gasteiger partial charge < -0.3 is 4.74 Å². The van der Waals surface area contributed by atoms with Crippen LogP contribution in [0.3, 0.4) is 0 Å². The molecule has 2 rings (SSSR count). The normalized spacial score (nSPS) is 22.0. The Hall–Kier alpha value is -0.820. The monoisotopic (exact) mass is 190 g/mol. The van der Waals surface area contributed by atoms with Gasteiger partial charge in [-0.1, -0.05) is 24.3 Å². The summed E-state index contributed by atoms with van der Waals surface area (Å²) < 4.78 is 5.68. The number of ether oxygens (including phenoxy) is 1. The lowest BCUT2D eigenvalue weighted by molar-refractivity contribution is 0.0564. The molecule has 1 aliphatic carbocycles. The van der Waals surface area contributed by atoms with E-state index >= 15 is 0 Å². The van der Waals surface area contributed by atoms with E-state index in [1.165, 1.54) is 24.0 Å². The van der Waals surface area contributed by atoms with Crippen LogP contribution < -0.4 is 0 Å². The fourth-order valence-corrected chi connectivity index (χ4v) is 2.46. The zero-order valence-electron chi connectivity index (χ0n) is 8.99. The Morgan fingerprint density at radius 3 is 3.00 bits per heavy atom. The van der Waals surface area contributed by atoms with Crippen LogP contribution in [0.5, 0.6) is 0 Å². The van der Waals surface area contributed by atoms with Crippen molar-refractivity contribution >= 4 is 0 Å². The topological polar surface area (TPSA) is 9.23 Å². The van der Waals surface area contributed by atoms with E-state index in [1.807, 2.05) is 0 Å². The van der Waals surface area contributed by atoms with Crippen molar-refractivity contribution < 1.29 is 4.74 Å². The number of benzene rings is 1. The molecule has 0 N–H and O–H groups in total. The highest BCUT2D eigenvalue weighted by molar-refractivity contribution is 5.35. The van der Waals surface area contributed by atoms with E-state index in [0.717, 1.165) is 6.61 Å². The van der Waals surface area contributed by atoms with Crippen molar-refractivity contribution in [3.8, 4) is 0 Å². The zero-order valence-corrected chi connectivity index (χ0v) is 8.99. The maximum Gasteiger partial charge on any atom is 0.0615 e. The highest BCUT2D eigenvalue weighted by Crippen LogP contribution is 2.36. The summed E-state index contributed by atoms with van der Waals surface area (Å²) in [5.41, 5.74) is 3.03. The molecule has 1 heteroatoms. The van der Waals surface area contributed by atoms with Gasteiger partial charge in [0, 0.05) is 12.5 Å². The molecule has 2 unspecified atom stereocenters. The summed E-state index contributed by atoms with van der Waals surface area (Å²) in [5, 5.41) is 0. The standard InChI is InChI=1S/C13H18O/c1-3-14-10(2)12-9-8-11-6-4-5-7-13(11)12/h4-7,10,12H,3,8-9H2,1-2H3. The fraction of sp³-hybridized carbons (Fsp3) is 0.538. The van der Waals surface area contributed by atoms with Gasteiger partial charge in [-0.05, 0) is 37.8 Å². The SMILES string of the molecule is CCOC(C)C1CCc2ccccc21. The minimum Gasteiger partial charge on any atom is -0.378 e. The van der Waals surface area contributed by atoms with Crippen molar-refractivity contribution in [1.29, 1.82) is 0 Å². The summed E-state index contributed by atoms with van der Waals surface area (Å²) in [4.78, 5) is 0. The summed E-state index contributed by atoms with van der Waals surface area (Å²) in [6.45, 7) is 5.08. The highest BCUT2D eigenvalue weighted by atomic mass is 16.5. The molecule has 0 bridgehead atoms. The van der Waals surface area contributed by atoms with Crippen molar-refractivity contribution in [3.05, 3.63) is 35.4 Å². The van der Waals surface area contributed by atoms with E-state index in [2.05, 4.69) is 38.1 Å². The molecule has 76 valence electrons. The second-order valence-electron chi connectivity index (χ2n) is 4.00. The van der Waals surface area contributed by atoms with Gasteiger partial charge in [0.15, 0.2) is 0 Å². The number of hydrogen-bond acceptors (Lipinski definition) is 1. The van der Waals surface area contributed by atoms with E-state index in [1.54, 1.807) is 0 Å². The van der Waals surface area contributed by atoms with Gasteiger partial charge in [0.25, 0.3) is 0 Å². The predicted octanol–water partition coefficient (Wildman–Crippen LogP) is 3.14. The van der Waals surface area contributed by atoms with Crippen LogP contribution in [-0.2, 0) is 11.2 Å². The van der Waals surface area contributed by atoms with Crippen molar-refractivity contribution in [1.82, 2.24) is 0 Å². The van der Waals surface area contributed by atoms with Gasteiger partial charge in [-0.2, -0.15) is 0 Å². The molecule has 1 nitrogen and oxygen atoms in total. The minimum atomic E-state index is 0.364. The molecule has 0 aromatic heterocycles. The van der Waals surface area contributed by atoms with Gasteiger partial charge >= 0.3 is 0 Å². The molecule has 0 amide bonds. The third-order valence-electron chi connectivity index (χ3n) is 3.18. The van der Waals surface area contributed by atoms with Gasteiger partial charge in [0.05, 0.1) is 6.10 Å². The third-order valence-corrected chi connectivity index (χ3v) is 3.18. The van der Waals surface area contributed by atoms with Crippen LogP contribution >= 0.6 is 0 Å². The molecule has 2 atom stereocenters. The summed E-state index contributed by atoms with van der Waals surface area (Å²) in [7, 11) is 0. The Bertz CT molecular complexity index is 306. The lowest BCUT2D eigenvalue weighted by atomic mass is 9.96. The van der Waals surface area contributed by atoms with Crippen molar-refractivity contribution in [2.45, 2.75) is 38.7 Å². The van der Waals surface area contributed by atoms with Crippen LogP contribution in [0.15, 0.2) is 24.3 Å². The van der Waals surface area contributed by atoms with Gasteiger partial charge in [-0.15, -0.1) is 0 Å². The smallest absolute Gasteiger partial charge is 0.0615 e. The van der Waals surface area contributed by atoms with Gasteiger partial charge in [0.2, 0.25) is 0 Å². The van der Waals surface area contributed by atoms with Gasteiger partial charge in [-0.25, -0.2) is 0 Å². The van der Waals surface area contributed by atoms with Crippen LogP contribution in [0.4, 0.5) is 0 Å². The second-order valence-corrected chi connectivity index (χ2v) is 4.00. The molecule has 0 saturated carbocycles. The Balaban J connectivity index is 2.17. The molecular weight excluding hydrogens is 172 g/mol. The van der Waals surface area contributed by atoms with E-state index in [-0.39, 0.29) is 0 Å². The zero-order chi connectivity index (χ0) is 9.97. The molecular formula is C13H18O. The Morgan fingerprint density at radius 1 is 1.43 bits per heavy atom. The van der Waals surface area contributed by atoms with Crippen LogP contribution in [0, 0.1) is 0 Å². The molecule has 0 saturated heterocycles. The first-order valence-corrected chi connectivity index (χ1v) is 5.52. The second kappa shape index (κ2) is 4.14. The Morgan fingerprint density at radius 2 is 2.21 bits per heavy atom. The summed E-state index contributed by atoms with van der Waals surface area (Å²) >= 11 is 0. The summed E-state index contributed by atoms with van der Waals surface area (Å²) in [5.74, 6) is 0.617. The molecule has 0 fully saturated rings. The van der Waals surface area contributed by atoms with Crippen LogP contribution in [0.1, 0.15) is 37.3 Å². The first-order valence-electron chi connectivity index (χ1n) is 5.52. The molecule has 1 aromatic carbocycles. The lowest BCUT2D eigenvalue weighted by Gasteiger charge is -2.20.